The lowest BCUT2D eigenvalue weighted by atomic mass is 9.96. The zero-order valence-electron chi connectivity index (χ0n) is 19.5. The van der Waals surface area contributed by atoms with Gasteiger partial charge in [-0.15, -0.1) is 0 Å². The predicted octanol–water partition coefficient (Wildman–Crippen LogP) is 4.85. The average Bonchev–Trinajstić information content (AvgIpc) is 3.56. The maximum atomic E-state index is 5.89. The monoisotopic (exact) mass is 483 g/mol. The summed E-state index contributed by atoms with van der Waals surface area (Å²) in [5.74, 6) is 1.48. The summed E-state index contributed by atoms with van der Waals surface area (Å²) in [5.41, 5.74) is 6.70. The van der Waals surface area contributed by atoms with Crippen molar-refractivity contribution in [1.82, 2.24) is 19.9 Å². The third-order valence-corrected chi connectivity index (χ3v) is 7.07. The molecule has 0 saturated carbocycles. The standard InChI is InChI=1S/C27H25N5O2S/c1-17-13-21(18(2)31(17)15-19-8-11-28-12-9-19)26-25(22-5-3-4-10-29-22)30-27(35)32(26)20-6-7-23-24(14-20)34-16-33-23/h3-14,25-26H,15-16H2,1-2H3,(H,30,35)/t25-,26-/m0/s1. The Morgan fingerprint density at radius 1 is 1.00 bits per heavy atom. The van der Waals surface area contributed by atoms with Crippen LogP contribution < -0.4 is 19.7 Å². The Morgan fingerprint density at radius 2 is 1.83 bits per heavy atom. The Bertz CT molecular complexity index is 1390. The first kappa shape index (κ1) is 21.6. The van der Waals surface area contributed by atoms with Crippen LogP contribution in [0.1, 0.15) is 40.3 Å². The maximum absolute atomic E-state index is 5.89. The number of thiocarbonyl (C=S) groups is 1. The molecule has 4 aromatic rings. The molecule has 2 atom stereocenters. The van der Waals surface area contributed by atoms with E-state index in [2.05, 4.69) is 56.8 Å². The van der Waals surface area contributed by atoms with E-state index in [1.807, 2.05) is 55.0 Å². The van der Waals surface area contributed by atoms with Crippen LogP contribution in [0.3, 0.4) is 0 Å². The van der Waals surface area contributed by atoms with Crippen molar-refractivity contribution in [3.8, 4) is 11.5 Å². The van der Waals surface area contributed by atoms with Gasteiger partial charge in [-0.2, -0.15) is 0 Å². The minimum absolute atomic E-state index is 0.0878. The van der Waals surface area contributed by atoms with Crippen LogP contribution in [0.25, 0.3) is 0 Å². The van der Waals surface area contributed by atoms with Crippen LogP contribution >= 0.6 is 12.2 Å². The van der Waals surface area contributed by atoms with Gasteiger partial charge in [-0.3, -0.25) is 9.97 Å². The summed E-state index contributed by atoms with van der Waals surface area (Å²) in [4.78, 5) is 11.0. The van der Waals surface area contributed by atoms with Crippen molar-refractivity contribution in [3.05, 3.63) is 101 Å². The van der Waals surface area contributed by atoms with Crippen molar-refractivity contribution in [3.63, 3.8) is 0 Å². The second-order valence-electron chi connectivity index (χ2n) is 8.80. The van der Waals surface area contributed by atoms with Gasteiger partial charge in [-0.25, -0.2) is 0 Å². The van der Waals surface area contributed by atoms with Gasteiger partial charge >= 0.3 is 0 Å². The highest BCUT2D eigenvalue weighted by molar-refractivity contribution is 7.80. The molecule has 0 radical (unpaired) electrons. The molecular weight excluding hydrogens is 458 g/mol. The number of nitrogens with one attached hydrogen (secondary N) is 1. The molecule has 1 aromatic carbocycles. The zero-order chi connectivity index (χ0) is 23.9. The molecule has 0 spiro atoms. The summed E-state index contributed by atoms with van der Waals surface area (Å²) in [6.45, 7) is 5.35. The van der Waals surface area contributed by atoms with Gasteiger partial charge in [0.15, 0.2) is 16.6 Å². The normalized spacial score (nSPS) is 18.7. The Balaban J connectivity index is 1.46. The molecule has 0 unspecified atom stereocenters. The quantitative estimate of drug-likeness (QED) is 0.407. The topological polar surface area (TPSA) is 64.4 Å². The molecule has 0 aliphatic carbocycles. The number of benzene rings is 1. The SMILES string of the molecule is Cc1cc([C@H]2[C@H](c3ccccn3)NC(=S)N2c2ccc3c(c2)OCO3)c(C)n1Cc1ccncc1. The minimum atomic E-state index is -0.107. The first-order chi connectivity index (χ1) is 17.1. The van der Waals surface area contributed by atoms with Gasteiger partial charge in [0, 0.05) is 48.3 Å². The van der Waals surface area contributed by atoms with Crippen molar-refractivity contribution in [2.75, 3.05) is 11.7 Å². The first-order valence-corrected chi connectivity index (χ1v) is 12.0. The fraction of sp³-hybridized carbons (Fsp3) is 0.222. The third-order valence-electron chi connectivity index (χ3n) is 6.75. The molecule has 5 heterocycles. The molecule has 35 heavy (non-hydrogen) atoms. The number of aromatic nitrogens is 3. The van der Waals surface area contributed by atoms with Gasteiger partial charge < -0.3 is 24.3 Å². The van der Waals surface area contributed by atoms with Crippen LogP contribution in [0.5, 0.6) is 11.5 Å². The van der Waals surface area contributed by atoms with E-state index in [1.54, 1.807) is 0 Å². The maximum Gasteiger partial charge on any atom is 0.231 e. The van der Waals surface area contributed by atoms with Gasteiger partial charge in [0.05, 0.1) is 17.8 Å². The third kappa shape index (κ3) is 3.80. The van der Waals surface area contributed by atoms with Gasteiger partial charge in [0.2, 0.25) is 6.79 Å². The second kappa shape index (κ2) is 8.70. The molecule has 7 nitrogen and oxygen atoms in total. The fourth-order valence-electron chi connectivity index (χ4n) is 5.03. The molecule has 2 aliphatic rings. The van der Waals surface area contributed by atoms with E-state index in [4.69, 9.17) is 21.7 Å². The summed E-state index contributed by atoms with van der Waals surface area (Å²) < 4.78 is 13.5. The van der Waals surface area contributed by atoms with Crippen LogP contribution in [0.15, 0.2) is 73.2 Å². The zero-order valence-corrected chi connectivity index (χ0v) is 20.3. The molecule has 6 rings (SSSR count). The van der Waals surface area contributed by atoms with Crippen molar-refractivity contribution in [1.29, 1.82) is 0 Å². The van der Waals surface area contributed by atoms with Gasteiger partial charge in [-0.1, -0.05) is 6.07 Å². The number of rotatable bonds is 5. The number of ether oxygens (including phenoxy) is 2. The number of pyridine rings is 2. The van der Waals surface area contributed by atoms with E-state index >= 15 is 0 Å². The summed E-state index contributed by atoms with van der Waals surface area (Å²) in [7, 11) is 0. The summed E-state index contributed by atoms with van der Waals surface area (Å²) in [5, 5.41) is 4.20. The number of nitrogens with zero attached hydrogens (tertiary/aromatic N) is 4. The van der Waals surface area contributed by atoms with Crippen molar-refractivity contribution in [2.24, 2.45) is 0 Å². The van der Waals surface area contributed by atoms with E-state index in [-0.39, 0.29) is 18.9 Å². The van der Waals surface area contributed by atoms with Crippen LogP contribution in [0.2, 0.25) is 0 Å². The molecule has 1 N–H and O–H groups in total. The lowest BCUT2D eigenvalue weighted by Crippen LogP contribution is -2.29. The number of anilines is 1. The van der Waals surface area contributed by atoms with E-state index in [0.29, 0.717) is 5.11 Å². The Morgan fingerprint density at radius 3 is 2.63 bits per heavy atom. The molecule has 1 fully saturated rings. The predicted molar refractivity (Wildman–Crippen MR) is 138 cm³/mol. The van der Waals surface area contributed by atoms with Crippen molar-refractivity contribution >= 4 is 23.0 Å². The Labute approximate surface area is 209 Å². The second-order valence-corrected chi connectivity index (χ2v) is 9.19. The highest BCUT2D eigenvalue weighted by Crippen LogP contribution is 2.45. The van der Waals surface area contributed by atoms with Gasteiger partial charge in [0.25, 0.3) is 0 Å². The molecule has 3 aromatic heterocycles. The number of hydrogen-bond donors (Lipinski definition) is 1. The minimum Gasteiger partial charge on any atom is -0.454 e. The van der Waals surface area contributed by atoms with Crippen LogP contribution in [-0.4, -0.2) is 26.4 Å². The van der Waals surface area contributed by atoms with E-state index in [9.17, 15) is 0 Å². The van der Waals surface area contributed by atoms with E-state index in [0.717, 1.165) is 29.4 Å². The molecule has 2 aliphatic heterocycles. The van der Waals surface area contributed by atoms with Crippen molar-refractivity contribution in [2.45, 2.75) is 32.5 Å². The molecule has 1 saturated heterocycles. The van der Waals surface area contributed by atoms with Crippen LogP contribution in [0.4, 0.5) is 5.69 Å². The van der Waals surface area contributed by atoms with Crippen LogP contribution in [0, 0.1) is 13.8 Å². The molecule has 8 heteroatoms. The van der Waals surface area contributed by atoms with Crippen molar-refractivity contribution < 1.29 is 9.47 Å². The number of hydrogen-bond acceptors (Lipinski definition) is 5. The smallest absolute Gasteiger partial charge is 0.231 e. The Hall–Kier alpha value is -3.91. The summed E-state index contributed by atoms with van der Waals surface area (Å²) in [6.07, 6.45) is 5.50. The average molecular weight is 484 g/mol. The molecule has 176 valence electrons. The largest absolute Gasteiger partial charge is 0.454 e. The lowest BCUT2D eigenvalue weighted by Gasteiger charge is -2.28. The molecule has 0 amide bonds. The van der Waals surface area contributed by atoms with Gasteiger partial charge in [-0.05, 0) is 79.7 Å². The molecular formula is C27H25N5O2S. The van der Waals surface area contributed by atoms with E-state index in [1.165, 1.54) is 22.5 Å². The summed E-state index contributed by atoms with van der Waals surface area (Å²) in [6, 6.07) is 18.2. The highest BCUT2D eigenvalue weighted by atomic mass is 32.1. The van der Waals surface area contributed by atoms with E-state index < -0.39 is 0 Å². The lowest BCUT2D eigenvalue weighted by molar-refractivity contribution is 0.174. The van der Waals surface area contributed by atoms with Gasteiger partial charge in [0.1, 0.15) is 0 Å². The number of fused-ring (bicyclic) bond motifs is 1. The highest BCUT2D eigenvalue weighted by Gasteiger charge is 2.42. The Kier molecular flexibility index (Phi) is 5.37. The molecule has 0 bridgehead atoms. The summed E-state index contributed by atoms with van der Waals surface area (Å²) >= 11 is 5.89. The number of aryl methyl sites for hydroxylation is 1. The van der Waals surface area contributed by atoms with Crippen LogP contribution in [-0.2, 0) is 6.54 Å². The first-order valence-electron chi connectivity index (χ1n) is 11.6. The fourth-order valence-corrected chi connectivity index (χ4v) is 5.37.